The Labute approximate surface area is 190 Å². The number of fused-ring (bicyclic) bond motifs is 5. The summed E-state index contributed by atoms with van der Waals surface area (Å²) in [5.41, 5.74) is 0.215. The van der Waals surface area contributed by atoms with Gasteiger partial charge in [-0.2, -0.15) is 0 Å². The highest BCUT2D eigenvalue weighted by atomic mass is 16.3. The van der Waals surface area contributed by atoms with Crippen LogP contribution in [0.25, 0.3) is 0 Å². The molecule has 4 aliphatic rings. The van der Waals surface area contributed by atoms with Crippen LogP contribution in [0.4, 0.5) is 0 Å². The Morgan fingerprint density at radius 3 is 2.32 bits per heavy atom. The van der Waals surface area contributed by atoms with Gasteiger partial charge in [0.05, 0.1) is 6.10 Å². The summed E-state index contributed by atoms with van der Waals surface area (Å²) in [6.07, 6.45) is 10.1. The summed E-state index contributed by atoms with van der Waals surface area (Å²) in [7, 11) is 0. The van der Waals surface area contributed by atoms with E-state index in [1.165, 1.54) is 37.7 Å². The van der Waals surface area contributed by atoms with Gasteiger partial charge < -0.3 is 15.3 Å². The first kappa shape index (κ1) is 23.8. The van der Waals surface area contributed by atoms with E-state index in [-0.39, 0.29) is 6.10 Å². The Morgan fingerprint density at radius 1 is 0.935 bits per heavy atom. The summed E-state index contributed by atoms with van der Waals surface area (Å²) in [5, 5.41) is 33.2. The third kappa shape index (κ3) is 3.56. The average Bonchev–Trinajstić information content (AvgIpc) is 3.05. The molecule has 0 saturated heterocycles. The molecule has 0 bridgehead atoms. The molecule has 0 aromatic heterocycles. The normalized spacial score (nSPS) is 49.1. The molecule has 178 valence electrons. The standard InChI is InChI=1S/C28H48O3/c1-17(2)18(3)7-8-19(4)22-9-10-23-21-15-25(30)28(31)14-11-20(29)16-27(28,6)24(21)12-13-26(22,23)5/h15,17-20,22-25,29-31H,7-14,16H2,1-6H3/t18-,19-,20-,22-,23+,24+,25+,26-,27-,28+/m1/s1. The molecule has 0 amide bonds. The van der Waals surface area contributed by atoms with Gasteiger partial charge in [-0.25, -0.2) is 0 Å². The number of rotatable bonds is 5. The van der Waals surface area contributed by atoms with Crippen LogP contribution in [0, 0.1) is 46.3 Å². The molecular weight excluding hydrogens is 384 g/mol. The second kappa shape index (κ2) is 8.13. The lowest BCUT2D eigenvalue weighted by Crippen LogP contribution is -2.65. The lowest BCUT2D eigenvalue weighted by Gasteiger charge is -2.62. The van der Waals surface area contributed by atoms with Crippen LogP contribution in [0.15, 0.2) is 11.6 Å². The highest BCUT2D eigenvalue weighted by Crippen LogP contribution is 2.67. The van der Waals surface area contributed by atoms with E-state index in [1.54, 1.807) is 0 Å². The zero-order chi connectivity index (χ0) is 22.8. The molecule has 3 nitrogen and oxygen atoms in total. The molecule has 4 aliphatic carbocycles. The monoisotopic (exact) mass is 432 g/mol. The van der Waals surface area contributed by atoms with E-state index in [0.29, 0.717) is 36.5 Å². The Kier molecular flexibility index (Phi) is 6.24. The second-order valence-electron chi connectivity index (χ2n) is 13.0. The fourth-order valence-corrected chi connectivity index (χ4v) is 8.64. The lowest BCUT2D eigenvalue weighted by atomic mass is 9.45. The zero-order valence-electron chi connectivity index (χ0n) is 20.9. The van der Waals surface area contributed by atoms with Crippen LogP contribution in [-0.2, 0) is 0 Å². The summed E-state index contributed by atoms with van der Waals surface area (Å²) in [5.74, 6) is 3.86. The molecule has 0 unspecified atom stereocenters. The molecule has 10 atom stereocenters. The van der Waals surface area contributed by atoms with E-state index < -0.39 is 17.1 Å². The van der Waals surface area contributed by atoms with Gasteiger partial charge in [0.1, 0.15) is 11.7 Å². The molecule has 3 saturated carbocycles. The number of hydrogen-bond donors (Lipinski definition) is 3. The maximum Gasteiger partial charge on any atom is 0.102 e. The van der Waals surface area contributed by atoms with Crippen molar-refractivity contribution in [2.24, 2.45) is 46.3 Å². The van der Waals surface area contributed by atoms with E-state index in [1.807, 2.05) is 0 Å². The lowest BCUT2D eigenvalue weighted by molar-refractivity contribution is -0.208. The Bertz CT molecular complexity index is 700. The molecule has 3 N–H and O–H groups in total. The van der Waals surface area contributed by atoms with Crippen molar-refractivity contribution in [3.63, 3.8) is 0 Å². The van der Waals surface area contributed by atoms with Crippen molar-refractivity contribution < 1.29 is 15.3 Å². The molecule has 0 aliphatic heterocycles. The van der Waals surface area contributed by atoms with Crippen molar-refractivity contribution in [2.45, 2.75) is 117 Å². The molecule has 0 heterocycles. The van der Waals surface area contributed by atoms with Gasteiger partial charge in [0.15, 0.2) is 0 Å². The third-order valence-electron chi connectivity index (χ3n) is 11.2. The first-order valence-electron chi connectivity index (χ1n) is 13.2. The summed E-state index contributed by atoms with van der Waals surface area (Å²) in [6.45, 7) is 14.2. The molecule has 0 aromatic rings. The van der Waals surface area contributed by atoms with E-state index >= 15 is 0 Å². The topological polar surface area (TPSA) is 60.7 Å². The highest BCUT2D eigenvalue weighted by molar-refractivity contribution is 5.33. The maximum absolute atomic E-state index is 11.6. The Balaban J connectivity index is 1.58. The predicted molar refractivity (Wildman–Crippen MR) is 126 cm³/mol. The fraction of sp³-hybridized carbons (Fsp3) is 0.929. The highest BCUT2D eigenvalue weighted by Gasteiger charge is 2.64. The predicted octanol–water partition coefficient (Wildman–Crippen LogP) is 5.72. The van der Waals surface area contributed by atoms with Gasteiger partial charge in [-0.3, -0.25) is 0 Å². The fourth-order valence-electron chi connectivity index (χ4n) is 8.64. The van der Waals surface area contributed by atoms with Crippen LogP contribution in [0.5, 0.6) is 0 Å². The van der Waals surface area contributed by atoms with Crippen molar-refractivity contribution >= 4 is 0 Å². The molecule has 0 spiro atoms. The first-order valence-corrected chi connectivity index (χ1v) is 13.2. The first-order chi connectivity index (χ1) is 14.4. The molecule has 3 fully saturated rings. The minimum atomic E-state index is -1.09. The minimum Gasteiger partial charge on any atom is -0.393 e. The smallest absolute Gasteiger partial charge is 0.102 e. The van der Waals surface area contributed by atoms with Crippen LogP contribution < -0.4 is 0 Å². The summed E-state index contributed by atoms with van der Waals surface area (Å²) in [4.78, 5) is 0. The number of allylic oxidation sites excluding steroid dienone is 1. The van der Waals surface area contributed by atoms with Gasteiger partial charge in [0, 0.05) is 5.41 Å². The third-order valence-corrected chi connectivity index (χ3v) is 11.2. The van der Waals surface area contributed by atoms with Crippen molar-refractivity contribution in [2.75, 3.05) is 0 Å². The van der Waals surface area contributed by atoms with E-state index in [9.17, 15) is 15.3 Å². The van der Waals surface area contributed by atoms with Crippen molar-refractivity contribution in [3.8, 4) is 0 Å². The number of aliphatic hydroxyl groups excluding tert-OH is 2. The van der Waals surface area contributed by atoms with E-state index in [0.717, 1.165) is 30.1 Å². The quantitative estimate of drug-likeness (QED) is 0.487. The van der Waals surface area contributed by atoms with Crippen LogP contribution >= 0.6 is 0 Å². The number of hydrogen-bond acceptors (Lipinski definition) is 3. The van der Waals surface area contributed by atoms with Crippen LogP contribution in [0.2, 0.25) is 0 Å². The molecule has 0 radical (unpaired) electrons. The summed E-state index contributed by atoms with van der Waals surface area (Å²) < 4.78 is 0. The molecule has 31 heavy (non-hydrogen) atoms. The molecule has 3 heteroatoms. The molecule has 4 rings (SSSR count). The molecule has 0 aromatic carbocycles. The maximum atomic E-state index is 11.6. The van der Waals surface area contributed by atoms with Gasteiger partial charge in [-0.05, 0) is 85.9 Å². The van der Waals surface area contributed by atoms with Gasteiger partial charge >= 0.3 is 0 Å². The Morgan fingerprint density at radius 2 is 1.65 bits per heavy atom. The largest absolute Gasteiger partial charge is 0.393 e. The van der Waals surface area contributed by atoms with Gasteiger partial charge in [0.25, 0.3) is 0 Å². The van der Waals surface area contributed by atoms with E-state index in [2.05, 4.69) is 47.6 Å². The molecular formula is C28H48O3. The van der Waals surface area contributed by atoms with Crippen LogP contribution in [0.3, 0.4) is 0 Å². The van der Waals surface area contributed by atoms with E-state index in [4.69, 9.17) is 0 Å². The van der Waals surface area contributed by atoms with Crippen LogP contribution in [0.1, 0.15) is 99.3 Å². The minimum absolute atomic E-state index is 0.295. The Hall–Kier alpha value is -0.380. The zero-order valence-corrected chi connectivity index (χ0v) is 20.9. The van der Waals surface area contributed by atoms with Crippen LogP contribution in [-0.4, -0.2) is 33.1 Å². The SMILES string of the molecule is CC(C)[C@H](C)CC[C@@H](C)[C@H]1CC[C@H]2C3=C[C@H](O)[C@@]4(O)CC[C@@H](O)C[C@]4(C)[C@H]3CC[C@]12C. The van der Waals surface area contributed by atoms with Gasteiger partial charge in [-0.1, -0.05) is 66.0 Å². The van der Waals surface area contributed by atoms with Gasteiger partial charge in [0.2, 0.25) is 0 Å². The van der Waals surface area contributed by atoms with Crippen molar-refractivity contribution in [1.29, 1.82) is 0 Å². The number of aliphatic hydroxyl groups is 3. The van der Waals surface area contributed by atoms with Gasteiger partial charge in [-0.15, -0.1) is 0 Å². The van der Waals surface area contributed by atoms with Crippen molar-refractivity contribution in [3.05, 3.63) is 11.6 Å². The average molecular weight is 433 g/mol. The summed E-state index contributed by atoms with van der Waals surface area (Å²) >= 11 is 0. The second-order valence-corrected chi connectivity index (χ2v) is 13.0. The van der Waals surface area contributed by atoms with Crippen molar-refractivity contribution in [1.82, 2.24) is 0 Å². The summed E-state index contributed by atoms with van der Waals surface area (Å²) in [6, 6.07) is 0.